The van der Waals surface area contributed by atoms with Crippen LogP contribution in [-0.2, 0) is 22.7 Å². The molecule has 0 spiro atoms. The number of carbonyl (C=O) groups excluding carboxylic acids is 2. The monoisotopic (exact) mass is 508 g/mol. The van der Waals surface area contributed by atoms with Gasteiger partial charge in [-0.2, -0.15) is 0 Å². The standard InChI is InChI=1S/C30H28N4O4/c1-21-5-2-3-6-24(21)19-38-25-9-7-23(8-10-25)28(35)26-27(22-11-13-31-14-12-22)34(30(37)29(26)36)17-4-16-33-18-15-32-20-33/h2-3,5-15,18,20,27,35H,4,16-17,19H2,1H3/b28-26+/t27-/m0/s1. The van der Waals surface area contributed by atoms with E-state index >= 15 is 0 Å². The summed E-state index contributed by atoms with van der Waals surface area (Å²) in [5.41, 5.74) is 3.44. The number of amides is 1. The molecule has 8 heteroatoms. The second kappa shape index (κ2) is 11.1. The number of pyridine rings is 1. The molecule has 3 heterocycles. The molecule has 0 aliphatic carbocycles. The summed E-state index contributed by atoms with van der Waals surface area (Å²) in [6.45, 7) is 3.45. The maximum Gasteiger partial charge on any atom is 0.295 e. The average molecular weight is 509 g/mol. The fourth-order valence-electron chi connectivity index (χ4n) is 4.64. The van der Waals surface area contributed by atoms with Crippen LogP contribution in [-0.4, -0.2) is 42.8 Å². The van der Waals surface area contributed by atoms with Crippen LogP contribution in [0.2, 0.25) is 0 Å². The number of benzene rings is 2. The van der Waals surface area contributed by atoms with E-state index in [9.17, 15) is 14.7 Å². The molecule has 0 saturated carbocycles. The summed E-state index contributed by atoms with van der Waals surface area (Å²) in [4.78, 5) is 35.9. The second-order valence-corrected chi connectivity index (χ2v) is 9.17. The maximum atomic E-state index is 13.2. The number of nitrogens with zero attached hydrogens (tertiary/aromatic N) is 4. The lowest BCUT2D eigenvalue weighted by Gasteiger charge is -2.25. The molecule has 8 nitrogen and oxygen atoms in total. The summed E-state index contributed by atoms with van der Waals surface area (Å²) >= 11 is 0. The van der Waals surface area contributed by atoms with Gasteiger partial charge in [0.1, 0.15) is 18.1 Å². The van der Waals surface area contributed by atoms with Crippen molar-refractivity contribution in [2.45, 2.75) is 32.5 Å². The van der Waals surface area contributed by atoms with Crippen LogP contribution in [0.4, 0.5) is 0 Å². The lowest BCUT2D eigenvalue weighted by molar-refractivity contribution is -0.139. The molecule has 2 aromatic carbocycles. The number of ether oxygens (including phenoxy) is 1. The number of hydrogen-bond acceptors (Lipinski definition) is 6. The number of aliphatic hydroxyl groups excluding tert-OH is 1. The molecule has 1 fully saturated rings. The molecule has 1 saturated heterocycles. The second-order valence-electron chi connectivity index (χ2n) is 9.17. The van der Waals surface area contributed by atoms with Crippen LogP contribution in [0.15, 0.2) is 97.4 Å². The van der Waals surface area contributed by atoms with Crippen molar-refractivity contribution in [1.29, 1.82) is 0 Å². The molecule has 1 N–H and O–H groups in total. The van der Waals surface area contributed by atoms with Gasteiger partial charge in [-0.05, 0) is 66.4 Å². The number of ketones is 1. The Bertz CT molecular complexity index is 1450. The molecule has 0 bridgehead atoms. The van der Waals surface area contributed by atoms with E-state index < -0.39 is 17.7 Å². The molecule has 2 aromatic heterocycles. The Morgan fingerprint density at radius 3 is 2.42 bits per heavy atom. The fraction of sp³-hybridized carbons (Fsp3) is 0.200. The number of hydrogen-bond donors (Lipinski definition) is 1. The van der Waals surface area contributed by atoms with Gasteiger partial charge >= 0.3 is 0 Å². The van der Waals surface area contributed by atoms with Crippen molar-refractivity contribution < 1.29 is 19.4 Å². The van der Waals surface area contributed by atoms with Crippen molar-refractivity contribution in [3.8, 4) is 5.75 Å². The molecule has 192 valence electrons. The molecule has 4 aromatic rings. The van der Waals surface area contributed by atoms with Gasteiger partial charge in [0.05, 0.1) is 17.9 Å². The van der Waals surface area contributed by atoms with Gasteiger partial charge in [0.15, 0.2) is 0 Å². The first-order valence-corrected chi connectivity index (χ1v) is 12.4. The molecule has 38 heavy (non-hydrogen) atoms. The van der Waals surface area contributed by atoms with Gasteiger partial charge in [-0.3, -0.25) is 14.6 Å². The van der Waals surface area contributed by atoms with Crippen LogP contribution in [0.25, 0.3) is 5.76 Å². The molecular weight excluding hydrogens is 480 g/mol. The smallest absolute Gasteiger partial charge is 0.295 e. The summed E-state index contributed by atoms with van der Waals surface area (Å²) in [5, 5.41) is 11.3. The SMILES string of the molecule is Cc1ccccc1COc1ccc(/C(O)=C2\C(=O)C(=O)N(CCCn3ccnc3)[C@H]2c2ccncc2)cc1. The van der Waals surface area contributed by atoms with Crippen molar-refractivity contribution in [2.24, 2.45) is 0 Å². The zero-order valence-corrected chi connectivity index (χ0v) is 21.0. The lowest BCUT2D eigenvalue weighted by atomic mass is 9.96. The van der Waals surface area contributed by atoms with E-state index in [1.165, 1.54) is 4.90 Å². The van der Waals surface area contributed by atoms with Gasteiger partial charge in [0.25, 0.3) is 11.7 Å². The quantitative estimate of drug-likeness (QED) is 0.200. The van der Waals surface area contributed by atoms with E-state index in [4.69, 9.17) is 4.74 Å². The number of aromatic nitrogens is 3. The first-order chi connectivity index (χ1) is 18.5. The van der Waals surface area contributed by atoms with Crippen molar-refractivity contribution >= 4 is 17.4 Å². The zero-order valence-electron chi connectivity index (χ0n) is 21.0. The number of likely N-dealkylation sites (tertiary alicyclic amines) is 1. The van der Waals surface area contributed by atoms with E-state index in [-0.39, 0.29) is 11.3 Å². The van der Waals surface area contributed by atoms with E-state index in [0.29, 0.717) is 43.0 Å². The molecule has 5 rings (SSSR count). The molecule has 1 amide bonds. The van der Waals surface area contributed by atoms with Crippen molar-refractivity contribution in [2.75, 3.05) is 6.54 Å². The average Bonchev–Trinajstić information content (AvgIpc) is 3.55. The minimum atomic E-state index is -0.710. The van der Waals surface area contributed by atoms with Crippen molar-refractivity contribution in [3.05, 3.63) is 120 Å². The lowest BCUT2D eigenvalue weighted by Crippen LogP contribution is -2.31. The predicted octanol–water partition coefficient (Wildman–Crippen LogP) is 4.68. The zero-order chi connectivity index (χ0) is 26.5. The van der Waals surface area contributed by atoms with E-state index in [2.05, 4.69) is 9.97 Å². The Labute approximate surface area is 220 Å². The third-order valence-electron chi connectivity index (χ3n) is 6.72. The summed E-state index contributed by atoms with van der Waals surface area (Å²) < 4.78 is 7.83. The number of aliphatic hydroxyl groups is 1. The Morgan fingerprint density at radius 1 is 0.947 bits per heavy atom. The highest BCUT2D eigenvalue weighted by atomic mass is 16.5. The summed E-state index contributed by atoms with van der Waals surface area (Å²) in [5.74, 6) is -0.910. The number of aryl methyl sites for hydroxylation is 2. The Kier molecular flexibility index (Phi) is 7.31. The van der Waals surface area contributed by atoms with Crippen LogP contribution in [0.3, 0.4) is 0 Å². The third kappa shape index (κ3) is 5.20. The van der Waals surface area contributed by atoms with Gasteiger partial charge < -0.3 is 19.3 Å². The number of rotatable bonds is 9. The Morgan fingerprint density at radius 2 is 1.71 bits per heavy atom. The predicted molar refractivity (Wildman–Crippen MR) is 142 cm³/mol. The van der Waals surface area contributed by atoms with Gasteiger partial charge in [0.2, 0.25) is 0 Å². The number of carbonyl (C=O) groups is 2. The molecule has 0 radical (unpaired) electrons. The highest BCUT2D eigenvalue weighted by Gasteiger charge is 2.45. The fourth-order valence-corrected chi connectivity index (χ4v) is 4.64. The number of Topliss-reactive ketones (excluding diaryl/α,β-unsaturated/α-hetero) is 1. The van der Waals surface area contributed by atoms with Gasteiger partial charge in [-0.25, -0.2) is 4.98 Å². The Balaban J connectivity index is 1.40. The molecule has 1 aliphatic heterocycles. The Hall–Kier alpha value is -4.72. The summed E-state index contributed by atoms with van der Waals surface area (Å²) in [7, 11) is 0. The minimum absolute atomic E-state index is 0.0670. The van der Waals surface area contributed by atoms with E-state index in [0.717, 1.165) is 11.1 Å². The van der Waals surface area contributed by atoms with Crippen molar-refractivity contribution in [1.82, 2.24) is 19.4 Å². The van der Waals surface area contributed by atoms with Crippen molar-refractivity contribution in [3.63, 3.8) is 0 Å². The highest BCUT2D eigenvalue weighted by Crippen LogP contribution is 2.39. The van der Waals surface area contributed by atoms with Gasteiger partial charge in [-0.1, -0.05) is 24.3 Å². The largest absolute Gasteiger partial charge is 0.507 e. The van der Waals surface area contributed by atoms with Crippen LogP contribution in [0, 0.1) is 6.92 Å². The molecular formula is C30H28N4O4. The first kappa shape index (κ1) is 25.0. The molecule has 0 unspecified atom stereocenters. The maximum absolute atomic E-state index is 13.2. The number of imidazole rings is 1. The topological polar surface area (TPSA) is 97.6 Å². The third-order valence-corrected chi connectivity index (χ3v) is 6.72. The molecule has 1 atom stereocenters. The van der Waals surface area contributed by atoms with Crippen LogP contribution < -0.4 is 4.74 Å². The van der Waals surface area contributed by atoms with E-state index in [1.54, 1.807) is 61.3 Å². The summed E-state index contributed by atoms with van der Waals surface area (Å²) in [6, 6.07) is 17.7. The van der Waals surface area contributed by atoms with Gasteiger partial charge in [-0.15, -0.1) is 0 Å². The van der Waals surface area contributed by atoms with Crippen LogP contribution in [0.1, 0.15) is 34.7 Å². The van der Waals surface area contributed by atoms with Gasteiger partial charge in [0, 0.05) is 43.4 Å². The highest BCUT2D eigenvalue weighted by molar-refractivity contribution is 6.46. The minimum Gasteiger partial charge on any atom is -0.507 e. The normalized spacial score (nSPS) is 16.7. The first-order valence-electron chi connectivity index (χ1n) is 12.4. The summed E-state index contributed by atoms with van der Waals surface area (Å²) in [6.07, 6.45) is 9.11. The molecule has 1 aliphatic rings. The van der Waals surface area contributed by atoms with Crippen LogP contribution in [0.5, 0.6) is 5.75 Å². The van der Waals surface area contributed by atoms with E-state index in [1.807, 2.05) is 42.0 Å². The van der Waals surface area contributed by atoms with Crippen LogP contribution >= 0.6 is 0 Å².